The van der Waals surface area contributed by atoms with Gasteiger partial charge in [0, 0.05) is 18.0 Å². The van der Waals surface area contributed by atoms with Crippen molar-refractivity contribution in [3.8, 4) is 5.69 Å². The Morgan fingerprint density at radius 3 is 2.70 bits per heavy atom. The lowest BCUT2D eigenvalue weighted by Crippen LogP contribution is -2.31. The van der Waals surface area contributed by atoms with Crippen LogP contribution < -0.4 is 11.0 Å². The molecular weight excluding hydrogens is 350 g/mol. The molecular formula is C20H20F2N4O. The minimum Gasteiger partial charge on any atom is -0.316 e. The standard InChI is InChI=1S/C20H20F2N4O/c21-16-8-9-18(22)15(11-16)13-25-20(27)26(17-6-2-1-3-7-17)19(24-25)14-5-4-10-23-12-14/h1-3,6-9,11,14,23H,4-5,10,12-13H2/t14-/m0/s1. The Balaban J connectivity index is 1.80. The first-order chi connectivity index (χ1) is 13.1. The SMILES string of the molecule is O=c1n(Cc2cc(F)ccc2F)nc([C@H]2CCCNC2)n1-c1ccccc1. The van der Waals surface area contributed by atoms with Crippen molar-refractivity contribution in [2.45, 2.75) is 25.3 Å². The first-order valence-corrected chi connectivity index (χ1v) is 9.03. The van der Waals surface area contributed by atoms with Crippen LogP contribution in [-0.4, -0.2) is 27.4 Å². The van der Waals surface area contributed by atoms with Crippen LogP contribution >= 0.6 is 0 Å². The number of halogens is 2. The number of hydrogen-bond acceptors (Lipinski definition) is 3. The Morgan fingerprint density at radius 1 is 1.15 bits per heavy atom. The van der Waals surface area contributed by atoms with E-state index in [9.17, 15) is 13.6 Å². The van der Waals surface area contributed by atoms with Gasteiger partial charge in [0.1, 0.15) is 17.5 Å². The van der Waals surface area contributed by atoms with Crippen LogP contribution in [0.2, 0.25) is 0 Å². The summed E-state index contributed by atoms with van der Waals surface area (Å²) in [4.78, 5) is 13.1. The summed E-state index contributed by atoms with van der Waals surface area (Å²) in [6, 6.07) is 12.5. The Labute approximate surface area is 155 Å². The maximum absolute atomic E-state index is 14.0. The highest BCUT2D eigenvalue weighted by Crippen LogP contribution is 2.23. The fourth-order valence-corrected chi connectivity index (χ4v) is 3.51. The molecule has 0 radical (unpaired) electrons. The van der Waals surface area contributed by atoms with E-state index in [1.807, 2.05) is 30.3 Å². The predicted molar refractivity (Wildman–Crippen MR) is 98.1 cm³/mol. The molecule has 7 heteroatoms. The molecule has 3 aromatic rings. The maximum Gasteiger partial charge on any atom is 0.350 e. The Kier molecular flexibility index (Phi) is 4.85. The molecule has 1 atom stereocenters. The van der Waals surface area contributed by atoms with Gasteiger partial charge in [-0.1, -0.05) is 18.2 Å². The second-order valence-electron chi connectivity index (χ2n) is 6.75. The molecule has 1 fully saturated rings. The van der Waals surface area contributed by atoms with E-state index in [4.69, 9.17) is 0 Å². The normalized spacial score (nSPS) is 17.2. The van der Waals surface area contributed by atoms with Crippen LogP contribution in [0.5, 0.6) is 0 Å². The van der Waals surface area contributed by atoms with Gasteiger partial charge in [0.05, 0.1) is 12.2 Å². The van der Waals surface area contributed by atoms with Crippen molar-refractivity contribution in [1.82, 2.24) is 19.7 Å². The van der Waals surface area contributed by atoms with Crippen LogP contribution in [0.1, 0.15) is 30.1 Å². The molecule has 0 bridgehead atoms. The molecule has 5 nitrogen and oxygen atoms in total. The van der Waals surface area contributed by atoms with E-state index in [1.165, 1.54) is 4.68 Å². The van der Waals surface area contributed by atoms with E-state index in [2.05, 4.69) is 10.4 Å². The van der Waals surface area contributed by atoms with E-state index < -0.39 is 11.6 Å². The molecule has 1 aliphatic heterocycles. The second-order valence-corrected chi connectivity index (χ2v) is 6.75. The third-order valence-corrected chi connectivity index (χ3v) is 4.87. The fourth-order valence-electron chi connectivity index (χ4n) is 3.51. The van der Waals surface area contributed by atoms with Crippen molar-refractivity contribution < 1.29 is 8.78 Å². The summed E-state index contributed by atoms with van der Waals surface area (Å²) in [6.45, 7) is 1.56. The molecule has 1 saturated heterocycles. The molecule has 0 spiro atoms. The zero-order valence-electron chi connectivity index (χ0n) is 14.7. The van der Waals surface area contributed by atoms with Crippen LogP contribution in [-0.2, 0) is 6.54 Å². The summed E-state index contributed by atoms with van der Waals surface area (Å²) in [5, 5.41) is 7.85. The fraction of sp³-hybridized carbons (Fsp3) is 0.300. The van der Waals surface area contributed by atoms with E-state index >= 15 is 0 Å². The average molecular weight is 370 g/mol. The Hall–Kier alpha value is -2.80. The Bertz CT molecular complexity index is 991. The molecule has 0 aliphatic carbocycles. The number of aromatic nitrogens is 3. The van der Waals surface area contributed by atoms with Crippen LogP contribution in [0.25, 0.3) is 5.69 Å². The summed E-state index contributed by atoms with van der Waals surface area (Å²) >= 11 is 0. The topological polar surface area (TPSA) is 51.9 Å². The van der Waals surface area contributed by atoms with Gasteiger partial charge in [0.2, 0.25) is 0 Å². The first-order valence-electron chi connectivity index (χ1n) is 9.03. The van der Waals surface area contributed by atoms with Gasteiger partial charge in [-0.2, -0.15) is 5.10 Å². The summed E-state index contributed by atoms with van der Waals surface area (Å²) in [5.41, 5.74) is 0.461. The lowest BCUT2D eigenvalue weighted by atomic mass is 9.99. The smallest absolute Gasteiger partial charge is 0.316 e. The molecule has 0 amide bonds. The van der Waals surface area contributed by atoms with Gasteiger partial charge in [-0.15, -0.1) is 0 Å². The van der Waals surface area contributed by atoms with Crippen molar-refractivity contribution >= 4 is 0 Å². The number of para-hydroxylation sites is 1. The molecule has 1 aromatic heterocycles. The van der Waals surface area contributed by atoms with Gasteiger partial charge < -0.3 is 5.32 Å². The minimum absolute atomic E-state index is 0.0882. The highest BCUT2D eigenvalue weighted by Gasteiger charge is 2.25. The number of nitrogens with one attached hydrogen (secondary N) is 1. The molecule has 1 N–H and O–H groups in total. The van der Waals surface area contributed by atoms with Crippen molar-refractivity contribution in [2.75, 3.05) is 13.1 Å². The Morgan fingerprint density at radius 2 is 1.96 bits per heavy atom. The summed E-state index contributed by atoms with van der Waals surface area (Å²) in [6.07, 6.45) is 1.92. The number of hydrogen-bond donors (Lipinski definition) is 1. The van der Waals surface area contributed by atoms with Crippen molar-refractivity contribution in [2.24, 2.45) is 0 Å². The molecule has 1 aliphatic rings. The van der Waals surface area contributed by atoms with E-state index in [0.717, 1.165) is 44.1 Å². The van der Waals surface area contributed by atoms with Crippen molar-refractivity contribution in [3.05, 3.63) is 82.0 Å². The first kappa shape index (κ1) is 17.6. The largest absolute Gasteiger partial charge is 0.350 e. The molecule has 27 heavy (non-hydrogen) atoms. The van der Waals surface area contributed by atoms with Gasteiger partial charge in [0.25, 0.3) is 0 Å². The van der Waals surface area contributed by atoms with Gasteiger partial charge >= 0.3 is 5.69 Å². The van der Waals surface area contributed by atoms with Crippen LogP contribution in [0.15, 0.2) is 53.3 Å². The van der Waals surface area contributed by atoms with Crippen molar-refractivity contribution in [3.63, 3.8) is 0 Å². The van der Waals surface area contributed by atoms with Gasteiger partial charge in [-0.3, -0.25) is 0 Å². The lowest BCUT2D eigenvalue weighted by molar-refractivity contribution is 0.439. The maximum atomic E-state index is 14.0. The monoisotopic (exact) mass is 370 g/mol. The molecule has 2 aromatic carbocycles. The van der Waals surface area contributed by atoms with Crippen LogP contribution in [0.3, 0.4) is 0 Å². The zero-order valence-corrected chi connectivity index (χ0v) is 14.7. The number of nitrogens with zero attached hydrogens (tertiary/aromatic N) is 3. The quantitative estimate of drug-likeness (QED) is 0.768. The molecule has 0 saturated carbocycles. The van der Waals surface area contributed by atoms with Gasteiger partial charge in [0.15, 0.2) is 0 Å². The predicted octanol–water partition coefficient (Wildman–Crippen LogP) is 2.83. The molecule has 2 heterocycles. The summed E-state index contributed by atoms with van der Waals surface area (Å²) < 4.78 is 30.3. The summed E-state index contributed by atoms with van der Waals surface area (Å²) in [7, 11) is 0. The number of piperidine rings is 1. The third-order valence-electron chi connectivity index (χ3n) is 4.87. The second kappa shape index (κ2) is 7.44. The third kappa shape index (κ3) is 3.55. The zero-order chi connectivity index (χ0) is 18.8. The summed E-state index contributed by atoms with van der Waals surface area (Å²) in [5.74, 6) is -0.363. The van der Waals surface area contributed by atoms with Crippen LogP contribution in [0.4, 0.5) is 8.78 Å². The molecule has 0 unspecified atom stereocenters. The molecule has 140 valence electrons. The molecule has 4 rings (SSSR count). The van der Waals surface area contributed by atoms with E-state index in [1.54, 1.807) is 4.57 Å². The number of rotatable bonds is 4. The van der Waals surface area contributed by atoms with E-state index in [0.29, 0.717) is 11.5 Å². The number of benzene rings is 2. The van der Waals surface area contributed by atoms with E-state index in [-0.39, 0.29) is 23.7 Å². The average Bonchev–Trinajstić information content (AvgIpc) is 3.02. The van der Waals surface area contributed by atoms with Gasteiger partial charge in [-0.25, -0.2) is 22.8 Å². The lowest BCUT2D eigenvalue weighted by Gasteiger charge is -2.22. The highest BCUT2D eigenvalue weighted by atomic mass is 19.1. The minimum atomic E-state index is -0.557. The van der Waals surface area contributed by atoms with Crippen molar-refractivity contribution in [1.29, 1.82) is 0 Å². The van der Waals surface area contributed by atoms with Crippen LogP contribution in [0, 0.1) is 11.6 Å². The highest BCUT2D eigenvalue weighted by molar-refractivity contribution is 5.33. The van der Waals surface area contributed by atoms with Gasteiger partial charge in [-0.05, 0) is 49.7 Å².